The van der Waals surface area contributed by atoms with E-state index in [1.165, 1.54) is 36.4 Å². The lowest BCUT2D eigenvalue weighted by atomic mass is 10.2. The summed E-state index contributed by atoms with van der Waals surface area (Å²) in [5, 5.41) is 0.266. The van der Waals surface area contributed by atoms with Crippen LogP contribution in [0.2, 0.25) is 10.0 Å². The second kappa shape index (κ2) is 12.0. The molecule has 2 aromatic rings. The minimum absolute atomic E-state index is 0.00115. The Balaban J connectivity index is 2.15. The summed E-state index contributed by atoms with van der Waals surface area (Å²) in [5.74, 6) is 1.01. The highest BCUT2D eigenvalue weighted by molar-refractivity contribution is 7.91. The van der Waals surface area contributed by atoms with Crippen molar-refractivity contribution in [3.05, 3.63) is 46.4 Å². The molecule has 0 heterocycles. The summed E-state index contributed by atoms with van der Waals surface area (Å²) >= 11 is 18.2. The first-order valence-corrected chi connectivity index (χ1v) is 14.8. The van der Waals surface area contributed by atoms with Crippen molar-refractivity contribution in [3.63, 3.8) is 0 Å². The molecule has 184 valence electrons. The Labute approximate surface area is 211 Å². The van der Waals surface area contributed by atoms with Crippen LogP contribution in [0, 0.1) is 11.8 Å². The van der Waals surface area contributed by atoms with Crippen molar-refractivity contribution in [1.29, 1.82) is 0 Å². The first kappa shape index (κ1) is 28.1. The zero-order valence-corrected chi connectivity index (χ0v) is 22.5. The molecule has 0 bridgehead atoms. The summed E-state index contributed by atoms with van der Waals surface area (Å²) < 4.78 is 60.8. The largest absolute Gasteiger partial charge is 0.492 e. The van der Waals surface area contributed by atoms with E-state index in [1.54, 1.807) is 13.8 Å². The first-order chi connectivity index (χ1) is 15.4. The Bertz CT molecular complexity index is 1170. The third-order valence-corrected chi connectivity index (χ3v) is 9.54. The average Bonchev–Trinajstić information content (AvgIpc) is 2.76. The maximum atomic E-state index is 13.0. The molecule has 0 aliphatic rings. The van der Waals surface area contributed by atoms with Gasteiger partial charge in [-0.05, 0) is 36.4 Å². The van der Waals surface area contributed by atoms with Gasteiger partial charge in [-0.2, -0.15) is 0 Å². The average molecular weight is 558 g/mol. The molecule has 11 heteroatoms. The zero-order valence-electron chi connectivity index (χ0n) is 18.6. The summed E-state index contributed by atoms with van der Waals surface area (Å²) in [7, 11) is -7.02. The van der Waals surface area contributed by atoms with Gasteiger partial charge in [-0.1, -0.05) is 44.0 Å². The van der Waals surface area contributed by atoms with E-state index in [4.69, 9.17) is 44.3 Å². The minimum atomic E-state index is -3.89. The predicted molar refractivity (Wildman–Crippen MR) is 133 cm³/mol. The van der Waals surface area contributed by atoms with E-state index < -0.39 is 19.7 Å². The van der Waals surface area contributed by atoms with Crippen LogP contribution in [0.25, 0.3) is 0 Å². The van der Waals surface area contributed by atoms with E-state index in [2.05, 4.69) is 0 Å². The van der Waals surface area contributed by atoms with Crippen LogP contribution in [0.4, 0.5) is 0 Å². The molecule has 0 fully saturated rings. The number of halogens is 3. The molecule has 0 amide bonds. The maximum absolute atomic E-state index is 13.0. The van der Waals surface area contributed by atoms with Gasteiger partial charge in [0.05, 0.1) is 38.8 Å². The molecule has 2 rings (SSSR count). The van der Waals surface area contributed by atoms with Crippen molar-refractivity contribution in [1.82, 2.24) is 0 Å². The fourth-order valence-corrected chi connectivity index (χ4v) is 5.98. The second-order valence-electron chi connectivity index (χ2n) is 7.87. The lowest BCUT2D eigenvalue weighted by molar-refractivity contribution is 0.272. The maximum Gasteiger partial charge on any atom is 0.206 e. The van der Waals surface area contributed by atoms with Crippen LogP contribution in [0.15, 0.2) is 46.2 Å². The summed E-state index contributed by atoms with van der Waals surface area (Å²) in [6.07, 6.45) is 0. The van der Waals surface area contributed by atoms with E-state index >= 15 is 0 Å². The molecule has 0 unspecified atom stereocenters. The second-order valence-corrected chi connectivity index (χ2v) is 13.3. The number of sulfone groups is 2. The van der Waals surface area contributed by atoms with Crippen LogP contribution in [0.3, 0.4) is 0 Å². The van der Waals surface area contributed by atoms with Crippen LogP contribution in [-0.2, 0) is 19.7 Å². The van der Waals surface area contributed by atoms with E-state index in [0.29, 0.717) is 18.2 Å². The molecule has 6 nitrogen and oxygen atoms in total. The Morgan fingerprint density at radius 1 is 0.818 bits per heavy atom. The summed E-state index contributed by atoms with van der Waals surface area (Å²) in [4.78, 5) is -0.0321. The topological polar surface area (TPSA) is 86.7 Å². The molecule has 0 aliphatic carbocycles. The Morgan fingerprint density at radius 3 is 1.67 bits per heavy atom. The van der Waals surface area contributed by atoms with Gasteiger partial charge >= 0.3 is 0 Å². The van der Waals surface area contributed by atoms with Gasteiger partial charge < -0.3 is 9.47 Å². The smallest absolute Gasteiger partial charge is 0.206 e. The number of benzene rings is 2. The predicted octanol–water partition coefficient (Wildman–Crippen LogP) is 5.53. The SMILES string of the molecule is CCS(=O)(=O)C[C@@H](C)COc1ccc(S(=O)(=O)c2ccc(OC[C@@H](C)CCl)c(Cl)c2)cc1Cl. The van der Waals surface area contributed by atoms with Gasteiger partial charge in [0.15, 0.2) is 0 Å². The highest BCUT2D eigenvalue weighted by Gasteiger charge is 2.21. The lowest BCUT2D eigenvalue weighted by Crippen LogP contribution is -2.20. The van der Waals surface area contributed by atoms with Gasteiger partial charge in [0.1, 0.15) is 21.3 Å². The highest BCUT2D eigenvalue weighted by atomic mass is 35.5. The molecule has 0 spiro atoms. The summed E-state index contributed by atoms with van der Waals surface area (Å²) in [5.41, 5.74) is 0. The van der Waals surface area contributed by atoms with E-state index in [1.807, 2.05) is 6.92 Å². The van der Waals surface area contributed by atoms with Gasteiger partial charge in [0.25, 0.3) is 0 Å². The van der Waals surface area contributed by atoms with Crippen molar-refractivity contribution < 1.29 is 26.3 Å². The molecular formula is C22H27Cl3O6S2. The Kier molecular flexibility index (Phi) is 10.2. The quantitative estimate of drug-likeness (QED) is 0.319. The van der Waals surface area contributed by atoms with Crippen molar-refractivity contribution in [2.45, 2.75) is 30.6 Å². The standard InChI is InChI=1S/C22H27Cl3O6S2/c1-4-32(26,27)14-16(3)13-31-22-8-6-18(10-20(22)25)33(28,29)17-5-7-21(19(24)9-17)30-12-15(2)11-23/h5-10,15-16H,4,11-14H2,1-3H3/t15-,16-/m0/s1. The van der Waals surface area contributed by atoms with Crippen molar-refractivity contribution >= 4 is 54.5 Å². The van der Waals surface area contributed by atoms with Crippen molar-refractivity contribution in [3.8, 4) is 11.5 Å². The number of alkyl halides is 1. The van der Waals surface area contributed by atoms with Crippen LogP contribution in [0.1, 0.15) is 20.8 Å². The van der Waals surface area contributed by atoms with E-state index in [0.717, 1.165) is 0 Å². The molecule has 0 saturated carbocycles. The Hall–Kier alpha value is -1.19. The van der Waals surface area contributed by atoms with Crippen LogP contribution < -0.4 is 9.47 Å². The zero-order chi connectivity index (χ0) is 24.8. The molecular weight excluding hydrogens is 531 g/mol. The molecule has 2 aromatic carbocycles. The normalized spacial score (nSPS) is 14.0. The van der Waals surface area contributed by atoms with Gasteiger partial charge in [-0.3, -0.25) is 0 Å². The molecule has 0 radical (unpaired) electrons. The lowest BCUT2D eigenvalue weighted by Gasteiger charge is -2.15. The van der Waals surface area contributed by atoms with Gasteiger partial charge in [-0.15, -0.1) is 11.6 Å². The van der Waals surface area contributed by atoms with Crippen LogP contribution in [0.5, 0.6) is 11.5 Å². The van der Waals surface area contributed by atoms with E-state index in [9.17, 15) is 16.8 Å². The molecule has 2 atom stereocenters. The van der Waals surface area contributed by atoms with Crippen LogP contribution in [-0.4, -0.2) is 47.4 Å². The monoisotopic (exact) mass is 556 g/mol. The van der Waals surface area contributed by atoms with E-state index in [-0.39, 0.29) is 55.5 Å². The Morgan fingerprint density at radius 2 is 1.27 bits per heavy atom. The number of rotatable bonds is 12. The fraction of sp³-hybridized carbons (Fsp3) is 0.455. The third kappa shape index (κ3) is 7.92. The van der Waals surface area contributed by atoms with Crippen molar-refractivity contribution in [2.75, 3.05) is 30.6 Å². The summed E-state index contributed by atoms with van der Waals surface area (Å²) in [6.45, 7) is 5.76. The van der Waals surface area contributed by atoms with Gasteiger partial charge in [0, 0.05) is 23.5 Å². The highest BCUT2D eigenvalue weighted by Crippen LogP contribution is 2.33. The summed E-state index contributed by atoms with van der Waals surface area (Å²) in [6, 6.07) is 8.36. The molecule has 33 heavy (non-hydrogen) atoms. The number of hydrogen-bond donors (Lipinski definition) is 0. The molecule has 0 N–H and O–H groups in total. The third-order valence-electron chi connectivity index (χ3n) is 4.72. The fourth-order valence-electron chi connectivity index (χ4n) is 2.78. The number of hydrogen-bond acceptors (Lipinski definition) is 6. The van der Waals surface area contributed by atoms with Gasteiger partial charge in [-0.25, -0.2) is 16.8 Å². The minimum Gasteiger partial charge on any atom is -0.492 e. The number of ether oxygens (including phenoxy) is 2. The molecule has 0 aromatic heterocycles. The van der Waals surface area contributed by atoms with Gasteiger partial charge in [0.2, 0.25) is 9.84 Å². The van der Waals surface area contributed by atoms with Crippen molar-refractivity contribution in [2.24, 2.45) is 11.8 Å². The molecule has 0 aliphatic heterocycles. The van der Waals surface area contributed by atoms with Crippen LogP contribution >= 0.6 is 34.8 Å². The first-order valence-electron chi connectivity index (χ1n) is 10.3. The molecule has 0 saturated heterocycles.